The number of nitrogens with one attached hydrogen (secondary N) is 3. The van der Waals surface area contributed by atoms with Crippen molar-refractivity contribution in [1.82, 2.24) is 15.6 Å². The first-order valence-corrected chi connectivity index (χ1v) is 9.32. The zero-order valence-electron chi connectivity index (χ0n) is 16.9. The lowest BCUT2D eigenvalue weighted by Crippen LogP contribution is -2.32. The molecule has 0 radical (unpaired) electrons. The maximum Gasteiger partial charge on any atom is 0.432 e. The van der Waals surface area contributed by atoms with Crippen LogP contribution < -0.4 is 10.6 Å². The summed E-state index contributed by atoms with van der Waals surface area (Å²) in [5.41, 5.74) is -1.24. The summed E-state index contributed by atoms with van der Waals surface area (Å²) in [6.07, 6.45) is -7.54. The third-order valence-corrected chi connectivity index (χ3v) is 4.58. The lowest BCUT2D eigenvalue weighted by molar-refractivity contribution is -0.137. The van der Waals surface area contributed by atoms with E-state index in [9.17, 15) is 31.1 Å². The number of hydrogen-bond acceptors (Lipinski definition) is 4. The van der Waals surface area contributed by atoms with Gasteiger partial charge in [-0.1, -0.05) is 18.2 Å². The second kappa shape index (κ2) is 8.93. The molecule has 1 amide bonds. The molecule has 2 aromatic carbocycles. The fraction of sp³-hybridized carbons (Fsp3) is 0.136. The van der Waals surface area contributed by atoms with Crippen molar-refractivity contribution in [3.05, 3.63) is 77.8 Å². The third-order valence-electron chi connectivity index (χ3n) is 4.58. The molecule has 0 atom stereocenters. The van der Waals surface area contributed by atoms with E-state index in [-0.39, 0.29) is 11.4 Å². The minimum Gasteiger partial charge on any atom is -0.375 e. The highest BCUT2D eigenvalue weighted by atomic mass is 19.4. The highest BCUT2D eigenvalue weighted by Crippen LogP contribution is 2.32. The predicted molar refractivity (Wildman–Crippen MR) is 111 cm³/mol. The number of fused-ring (bicyclic) bond motifs is 1. The normalized spacial score (nSPS) is 12.5. The van der Waals surface area contributed by atoms with Crippen LogP contribution in [0.2, 0.25) is 0 Å². The number of hydrogen-bond donors (Lipinski definition) is 3. The fourth-order valence-electron chi connectivity index (χ4n) is 2.89. The van der Waals surface area contributed by atoms with Gasteiger partial charge in [-0.15, -0.1) is 0 Å². The summed E-state index contributed by atoms with van der Waals surface area (Å²) in [5, 5.41) is 12.2. The Hall–Kier alpha value is -3.89. The maximum atomic E-state index is 13.0. The van der Waals surface area contributed by atoms with Gasteiger partial charge in [0.25, 0.3) is 5.91 Å². The van der Waals surface area contributed by atoms with Crippen LogP contribution in [0.1, 0.15) is 15.9 Å². The largest absolute Gasteiger partial charge is 0.432 e. The second-order valence-corrected chi connectivity index (χ2v) is 6.88. The molecule has 0 aliphatic rings. The van der Waals surface area contributed by atoms with Crippen LogP contribution in [0.25, 0.3) is 22.0 Å². The predicted octanol–water partition coefficient (Wildman–Crippen LogP) is 5.29. The first-order valence-electron chi connectivity index (χ1n) is 9.32. The Kier molecular flexibility index (Phi) is 6.43. The van der Waals surface area contributed by atoms with Crippen molar-refractivity contribution in [2.45, 2.75) is 12.4 Å². The van der Waals surface area contributed by atoms with Gasteiger partial charge in [-0.2, -0.15) is 26.3 Å². The highest BCUT2D eigenvalue weighted by molar-refractivity contribution is 6.01. The Morgan fingerprint density at radius 2 is 1.73 bits per heavy atom. The van der Waals surface area contributed by atoms with Crippen LogP contribution in [0.3, 0.4) is 0 Å². The summed E-state index contributed by atoms with van der Waals surface area (Å²) in [5.74, 6) is -1.06. The van der Waals surface area contributed by atoms with Gasteiger partial charge < -0.3 is 10.6 Å². The van der Waals surface area contributed by atoms with E-state index in [1.165, 1.54) is 43.6 Å². The molecule has 1 heterocycles. The molecule has 0 fully saturated rings. The molecular formula is C22H16F6N4O. The van der Waals surface area contributed by atoms with E-state index in [4.69, 9.17) is 5.41 Å². The van der Waals surface area contributed by atoms with Crippen molar-refractivity contribution >= 4 is 22.5 Å². The number of amides is 1. The van der Waals surface area contributed by atoms with Crippen molar-refractivity contribution in [3.63, 3.8) is 0 Å². The van der Waals surface area contributed by atoms with Gasteiger partial charge in [0.1, 0.15) is 11.5 Å². The second-order valence-electron chi connectivity index (χ2n) is 6.88. The molecule has 0 saturated heterocycles. The van der Waals surface area contributed by atoms with Crippen molar-refractivity contribution < 1.29 is 31.1 Å². The number of rotatable bonds is 5. The fourth-order valence-corrected chi connectivity index (χ4v) is 2.89. The van der Waals surface area contributed by atoms with Gasteiger partial charge in [0, 0.05) is 35.8 Å². The van der Waals surface area contributed by atoms with Crippen molar-refractivity contribution in [2.75, 3.05) is 7.05 Å². The lowest BCUT2D eigenvalue weighted by Gasteiger charge is -2.12. The van der Waals surface area contributed by atoms with E-state index < -0.39 is 29.5 Å². The molecule has 172 valence electrons. The van der Waals surface area contributed by atoms with Gasteiger partial charge >= 0.3 is 12.4 Å². The van der Waals surface area contributed by atoms with Crippen molar-refractivity contribution in [3.8, 4) is 11.1 Å². The maximum absolute atomic E-state index is 13.0. The molecule has 3 rings (SSSR count). The molecular weight excluding hydrogens is 450 g/mol. The summed E-state index contributed by atoms with van der Waals surface area (Å²) in [7, 11) is 1.28. The summed E-state index contributed by atoms with van der Waals surface area (Å²) < 4.78 is 76.5. The molecule has 11 heteroatoms. The molecule has 0 aliphatic heterocycles. The summed E-state index contributed by atoms with van der Waals surface area (Å²) in [6.45, 7) is 0. The first kappa shape index (κ1) is 23.8. The number of benzene rings is 2. The first-order chi connectivity index (χ1) is 15.4. The highest BCUT2D eigenvalue weighted by Gasteiger charge is 2.33. The smallest absolute Gasteiger partial charge is 0.375 e. The van der Waals surface area contributed by atoms with Gasteiger partial charge in [0.05, 0.1) is 11.1 Å². The van der Waals surface area contributed by atoms with E-state index in [0.29, 0.717) is 28.1 Å². The van der Waals surface area contributed by atoms with Crippen molar-refractivity contribution in [1.29, 1.82) is 5.41 Å². The van der Waals surface area contributed by atoms with Gasteiger partial charge in [-0.05, 0) is 35.9 Å². The lowest BCUT2D eigenvalue weighted by atomic mass is 10.0. The number of carbonyl (C=O) groups excluding carboxylic acids is 1. The number of halogens is 6. The van der Waals surface area contributed by atoms with Crippen molar-refractivity contribution in [2.24, 2.45) is 0 Å². The van der Waals surface area contributed by atoms with Crippen LogP contribution in [-0.2, 0) is 6.18 Å². The minimum atomic E-state index is -4.86. The van der Waals surface area contributed by atoms with Crippen LogP contribution in [-0.4, -0.2) is 29.8 Å². The Bertz CT molecular complexity index is 1250. The van der Waals surface area contributed by atoms with Gasteiger partial charge in [-0.25, -0.2) is 0 Å². The topological polar surface area (TPSA) is 77.9 Å². The van der Waals surface area contributed by atoms with Crippen LogP contribution >= 0.6 is 0 Å². The number of aromatic nitrogens is 1. The Morgan fingerprint density at radius 3 is 2.36 bits per heavy atom. The number of nitrogens with zero attached hydrogens (tertiary/aromatic N) is 1. The van der Waals surface area contributed by atoms with Crippen LogP contribution in [0.15, 0.2) is 66.6 Å². The van der Waals surface area contributed by atoms with Gasteiger partial charge in [-0.3, -0.25) is 15.2 Å². The van der Waals surface area contributed by atoms with Crippen LogP contribution in [0.4, 0.5) is 26.3 Å². The minimum absolute atomic E-state index is 0.0847. The van der Waals surface area contributed by atoms with E-state index in [0.717, 1.165) is 12.1 Å². The molecule has 0 bridgehead atoms. The molecule has 1 aromatic heterocycles. The quantitative estimate of drug-likeness (QED) is 0.353. The number of alkyl halides is 6. The Morgan fingerprint density at radius 1 is 1.00 bits per heavy atom. The summed E-state index contributed by atoms with van der Waals surface area (Å²) >= 11 is 0. The van der Waals surface area contributed by atoms with E-state index in [1.807, 2.05) is 0 Å². The van der Waals surface area contributed by atoms with E-state index in [1.54, 1.807) is 6.07 Å². The monoisotopic (exact) mass is 466 g/mol. The van der Waals surface area contributed by atoms with Gasteiger partial charge in [0.15, 0.2) is 0 Å². The summed E-state index contributed by atoms with van der Waals surface area (Å²) in [6, 6.07) is 10.7. The third kappa shape index (κ3) is 5.68. The molecule has 0 saturated carbocycles. The Balaban J connectivity index is 1.86. The molecule has 0 spiro atoms. The summed E-state index contributed by atoms with van der Waals surface area (Å²) in [4.78, 5) is 16.6. The average Bonchev–Trinajstić information content (AvgIpc) is 2.76. The molecule has 3 N–H and O–H groups in total. The zero-order valence-corrected chi connectivity index (χ0v) is 16.9. The molecule has 33 heavy (non-hydrogen) atoms. The number of allylic oxidation sites excluding steroid dienone is 1. The number of pyridine rings is 1. The molecule has 5 nitrogen and oxygen atoms in total. The van der Waals surface area contributed by atoms with Crippen LogP contribution in [0, 0.1) is 5.41 Å². The van der Waals surface area contributed by atoms with E-state index in [2.05, 4.69) is 15.6 Å². The SMILES string of the molecule is CN/C(=C\C(=N)C(F)(F)F)NC(=O)c1ccc2cc(-c3cccc(C(F)(F)F)c3)cnc2c1. The molecule has 0 unspecified atom stereocenters. The van der Waals surface area contributed by atoms with Crippen LogP contribution in [0.5, 0.6) is 0 Å². The number of carbonyl (C=O) groups is 1. The van der Waals surface area contributed by atoms with E-state index >= 15 is 0 Å². The van der Waals surface area contributed by atoms with Gasteiger partial charge in [0.2, 0.25) is 0 Å². The standard InChI is InChI=1S/C22H16F6N4O/c1-30-19(10-18(29)22(26,27)28)32-20(33)14-6-5-13-7-15(11-31-17(13)9-14)12-3-2-4-16(8-12)21(23,24)25/h2-11,29-30H,1H3,(H,32,33)/b19-10+,29-18?. The average molecular weight is 466 g/mol. The Labute approximate surface area is 183 Å². The zero-order chi connectivity index (χ0) is 24.4. The molecule has 3 aromatic rings. The molecule has 0 aliphatic carbocycles.